The standard InChI is InChI=1S/C25H19Cl2NO4/c1-30-23-11-10-15(12-24(23)31-2)22-13-17(16-6-3-4-9-21(16)28-22)25(29)32-14-18-19(26)7-5-8-20(18)27/h3-13H,14H2,1-2H3. The first-order valence-corrected chi connectivity index (χ1v) is 10.5. The van der Waals surface area contributed by atoms with Crippen molar-refractivity contribution in [2.45, 2.75) is 6.61 Å². The van der Waals surface area contributed by atoms with Crippen LogP contribution in [-0.4, -0.2) is 25.2 Å². The minimum atomic E-state index is -0.499. The summed E-state index contributed by atoms with van der Waals surface area (Å²) in [6.07, 6.45) is 0. The average Bonchev–Trinajstić information content (AvgIpc) is 2.82. The summed E-state index contributed by atoms with van der Waals surface area (Å²) in [6.45, 7) is -0.0420. The van der Waals surface area contributed by atoms with Crippen LogP contribution in [0.25, 0.3) is 22.2 Å². The summed E-state index contributed by atoms with van der Waals surface area (Å²) in [5, 5.41) is 1.57. The highest BCUT2D eigenvalue weighted by atomic mass is 35.5. The van der Waals surface area contributed by atoms with Crippen molar-refractivity contribution in [1.82, 2.24) is 4.98 Å². The normalized spacial score (nSPS) is 10.8. The summed E-state index contributed by atoms with van der Waals surface area (Å²) in [4.78, 5) is 17.8. The third-order valence-corrected chi connectivity index (χ3v) is 5.73. The van der Waals surface area contributed by atoms with Crippen LogP contribution in [0.1, 0.15) is 15.9 Å². The Balaban J connectivity index is 1.73. The molecule has 1 aromatic heterocycles. The Bertz CT molecular complexity index is 1290. The van der Waals surface area contributed by atoms with E-state index >= 15 is 0 Å². The molecule has 0 aliphatic carbocycles. The Labute approximate surface area is 195 Å². The van der Waals surface area contributed by atoms with Crippen LogP contribution in [0.3, 0.4) is 0 Å². The number of para-hydroxylation sites is 1. The Hall–Kier alpha value is -3.28. The fraction of sp³-hybridized carbons (Fsp3) is 0.120. The average molecular weight is 468 g/mol. The number of aromatic nitrogens is 1. The van der Waals surface area contributed by atoms with Crippen molar-refractivity contribution in [2.24, 2.45) is 0 Å². The number of methoxy groups -OCH3 is 2. The molecule has 162 valence electrons. The molecule has 0 N–H and O–H groups in total. The Morgan fingerprint density at radius 2 is 1.59 bits per heavy atom. The van der Waals surface area contributed by atoms with Crippen molar-refractivity contribution in [1.29, 1.82) is 0 Å². The molecule has 0 atom stereocenters. The number of esters is 1. The van der Waals surface area contributed by atoms with E-state index in [-0.39, 0.29) is 6.61 Å². The van der Waals surface area contributed by atoms with Crippen LogP contribution in [0.2, 0.25) is 10.0 Å². The highest BCUT2D eigenvalue weighted by molar-refractivity contribution is 6.36. The molecular formula is C25H19Cl2NO4. The predicted molar refractivity (Wildman–Crippen MR) is 126 cm³/mol. The van der Waals surface area contributed by atoms with Gasteiger partial charge in [0.05, 0.1) is 31.0 Å². The van der Waals surface area contributed by atoms with Crippen molar-refractivity contribution in [3.63, 3.8) is 0 Å². The first kappa shape index (κ1) is 21.9. The van der Waals surface area contributed by atoms with Crippen molar-refractivity contribution >= 4 is 40.1 Å². The van der Waals surface area contributed by atoms with Gasteiger partial charge in [-0.25, -0.2) is 9.78 Å². The second kappa shape index (κ2) is 9.47. The summed E-state index contributed by atoms with van der Waals surface area (Å²) in [6, 6.07) is 19.7. The number of halogens is 2. The van der Waals surface area contributed by atoms with Crippen molar-refractivity contribution in [3.05, 3.63) is 87.9 Å². The molecule has 3 aromatic carbocycles. The first-order valence-electron chi connectivity index (χ1n) is 9.74. The number of carbonyl (C=O) groups excluding carboxylic acids is 1. The third kappa shape index (κ3) is 4.35. The topological polar surface area (TPSA) is 57.7 Å². The molecule has 7 heteroatoms. The van der Waals surface area contributed by atoms with Crippen LogP contribution in [0, 0.1) is 0 Å². The Morgan fingerprint density at radius 1 is 0.875 bits per heavy atom. The van der Waals surface area contributed by atoms with E-state index in [2.05, 4.69) is 0 Å². The van der Waals surface area contributed by atoms with E-state index in [1.807, 2.05) is 36.4 Å². The zero-order valence-corrected chi connectivity index (χ0v) is 18.9. The van der Waals surface area contributed by atoms with Gasteiger partial charge in [0.25, 0.3) is 0 Å². The van der Waals surface area contributed by atoms with Gasteiger partial charge in [0, 0.05) is 26.6 Å². The summed E-state index contributed by atoms with van der Waals surface area (Å²) >= 11 is 12.4. The number of fused-ring (bicyclic) bond motifs is 1. The second-order valence-electron chi connectivity index (χ2n) is 6.92. The summed E-state index contributed by atoms with van der Waals surface area (Å²) in [5.41, 5.74) is 3.00. The van der Waals surface area contributed by atoms with Crippen molar-refractivity contribution in [2.75, 3.05) is 14.2 Å². The molecule has 1 heterocycles. The summed E-state index contributed by atoms with van der Waals surface area (Å²) < 4.78 is 16.3. The van der Waals surface area contributed by atoms with E-state index in [0.29, 0.717) is 49.3 Å². The van der Waals surface area contributed by atoms with Gasteiger partial charge in [-0.05, 0) is 42.5 Å². The van der Waals surface area contributed by atoms with Gasteiger partial charge >= 0.3 is 5.97 Å². The lowest BCUT2D eigenvalue weighted by Crippen LogP contribution is -2.08. The maximum absolute atomic E-state index is 13.1. The van der Waals surface area contributed by atoms with Gasteiger partial charge in [-0.1, -0.05) is 47.5 Å². The van der Waals surface area contributed by atoms with Crippen LogP contribution in [0.15, 0.2) is 66.7 Å². The zero-order chi connectivity index (χ0) is 22.7. The molecule has 4 rings (SSSR count). The monoisotopic (exact) mass is 467 g/mol. The minimum Gasteiger partial charge on any atom is -0.493 e. The number of rotatable bonds is 6. The molecule has 5 nitrogen and oxygen atoms in total. The molecular weight excluding hydrogens is 449 g/mol. The number of ether oxygens (including phenoxy) is 3. The van der Waals surface area contributed by atoms with E-state index in [4.69, 9.17) is 42.4 Å². The van der Waals surface area contributed by atoms with Crippen molar-refractivity contribution < 1.29 is 19.0 Å². The van der Waals surface area contributed by atoms with Crippen LogP contribution < -0.4 is 9.47 Å². The fourth-order valence-electron chi connectivity index (χ4n) is 3.37. The van der Waals surface area contributed by atoms with Gasteiger partial charge in [0.2, 0.25) is 0 Å². The molecule has 0 aliphatic heterocycles. The number of carbonyl (C=O) groups is 1. The first-order chi connectivity index (χ1) is 15.5. The number of benzene rings is 3. The molecule has 32 heavy (non-hydrogen) atoms. The molecule has 0 unspecified atom stereocenters. The molecule has 4 aromatic rings. The largest absolute Gasteiger partial charge is 0.493 e. The lowest BCUT2D eigenvalue weighted by molar-refractivity contribution is 0.0475. The number of hydrogen-bond donors (Lipinski definition) is 0. The van der Waals surface area contributed by atoms with Gasteiger partial charge < -0.3 is 14.2 Å². The highest BCUT2D eigenvalue weighted by Crippen LogP contribution is 2.33. The van der Waals surface area contributed by atoms with E-state index < -0.39 is 5.97 Å². The maximum Gasteiger partial charge on any atom is 0.339 e. The second-order valence-corrected chi connectivity index (χ2v) is 7.73. The van der Waals surface area contributed by atoms with Crippen LogP contribution in [0.5, 0.6) is 11.5 Å². The van der Waals surface area contributed by atoms with E-state index in [1.54, 1.807) is 44.6 Å². The SMILES string of the molecule is COc1ccc(-c2cc(C(=O)OCc3c(Cl)cccc3Cl)c3ccccc3n2)cc1OC. The number of hydrogen-bond acceptors (Lipinski definition) is 5. The van der Waals surface area contributed by atoms with E-state index in [9.17, 15) is 4.79 Å². The smallest absolute Gasteiger partial charge is 0.339 e. The predicted octanol–water partition coefficient (Wildman–Crippen LogP) is 6.58. The van der Waals surface area contributed by atoms with Gasteiger partial charge in [0.1, 0.15) is 6.61 Å². The molecule has 0 aliphatic rings. The molecule has 0 amide bonds. The Morgan fingerprint density at radius 3 is 2.31 bits per heavy atom. The van der Waals surface area contributed by atoms with Gasteiger partial charge in [0.15, 0.2) is 11.5 Å². The molecule has 0 spiro atoms. The highest BCUT2D eigenvalue weighted by Gasteiger charge is 2.17. The Kier molecular flexibility index (Phi) is 6.49. The third-order valence-electron chi connectivity index (χ3n) is 5.02. The van der Waals surface area contributed by atoms with E-state index in [1.165, 1.54) is 0 Å². The molecule has 0 radical (unpaired) electrons. The quantitative estimate of drug-likeness (QED) is 0.299. The molecule has 0 saturated heterocycles. The van der Waals surface area contributed by atoms with Gasteiger partial charge in [-0.3, -0.25) is 0 Å². The number of pyridine rings is 1. The minimum absolute atomic E-state index is 0.0420. The maximum atomic E-state index is 13.1. The molecule has 0 fully saturated rings. The van der Waals surface area contributed by atoms with Crippen molar-refractivity contribution in [3.8, 4) is 22.8 Å². The van der Waals surface area contributed by atoms with Gasteiger partial charge in [-0.2, -0.15) is 0 Å². The van der Waals surface area contributed by atoms with Crippen LogP contribution in [-0.2, 0) is 11.3 Å². The molecule has 0 bridgehead atoms. The lowest BCUT2D eigenvalue weighted by atomic mass is 10.0. The number of nitrogens with zero attached hydrogens (tertiary/aromatic N) is 1. The fourth-order valence-corrected chi connectivity index (χ4v) is 3.88. The van der Waals surface area contributed by atoms with Crippen LogP contribution >= 0.6 is 23.2 Å². The van der Waals surface area contributed by atoms with Crippen LogP contribution in [0.4, 0.5) is 0 Å². The van der Waals surface area contributed by atoms with E-state index in [0.717, 1.165) is 5.56 Å². The lowest BCUT2D eigenvalue weighted by Gasteiger charge is -2.13. The van der Waals surface area contributed by atoms with Gasteiger partial charge in [-0.15, -0.1) is 0 Å². The zero-order valence-electron chi connectivity index (χ0n) is 17.4. The summed E-state index contributed by atoms with van der Waals surface area (Å²) in [7, 11) is 3.14. The summed E-state index contributed by atoms with van der Waals surface area (Å²) in [5.74, 6) is 0.673. The molecule has 0 saturated carbocycles.